The Kier molecular flexibility index (Phi) is 5.21. The molecule has 1 unspecified atom stereocenters. The fourth-order valence-electron chi connectivity index (χ4n) is 2.51. The van der Waals surface area contributed by atoms with Gasteiger partial charge in [-0.3, -0.25) is 4.79 Å². The first-order valence-corrected chi connectivity index (χ1v) is 7.20. The molecule has 0 bridgehead atoms. The predicted octanol–water partition coefficient (Wildman–Crippen LogP) is 2.51. The van der Waals surface area contributed by atoms with Gasteiger partial charge in [-0.1, -0.05) is 35.0 Å². The van der Waals surface area contributed by atoms with E-state index in [1.807, 2.05) is 31.2 Å². The molecule has 1 aliphatic rings. The molecule has 1 N–H and O–H groups in total. The second-order valence-electron chi connectivity index (χ2n) is 5.55. The van der Waals surface area contributed by atoms with Crippen molar-refractivity contribution in [1.82, 2.24) is 15.4 Å². The number of rotatable bonds is 2. The number of aromatic nitrogens is 1. The Morgan fingerprint density at radius 2 is 2.09 bits per heavy atom. The standard InChI is InChI=1S/C16H19N3O2.ClH/c1-11-3-5-13(6-4-11)14-9-15(21-18-14)16(20)19-8-7-17-12(2)10-19;/h3-6,9,12,17H,7-8,10H2,1-2H3;1H. The zero-order chi connectivity index (χ0) is 14.8. The van der Waals surface area contributed by atoms with Gasteiger partial charge >= 0.3 is 0 Å². The zero-order valence-corrected chi connectivity index (χ0v) is 13.5. The summed E-state index contributed by atoms with van der Waals surface area (Å²) in [7, 11) is 0. The maximum Gasteiger partial charge on any atom is 0.292 e. The highest BCUT2D eigenvalue weighted by atomic mass is 35.5. The monoisotopic (exact) mass is 321 g/mol. The largest absolute Gasteiger partial charge is 0.350 e. The minimum absolute atomic E-state index is 0. The average Bonchev–Trinajstić information content (AvgIpc) is 2.97. The van der Waals surface area contributed by atoms with E-state index in [1.165, 1.54) is 5.56 Å². The number of carbonyl (C=O) groups is 1. The molecule has 1 aromatic carbocycles. The third-order valence-corrected chi connectivity index (χ3v) is 3.72. The van der Waals surface area contributed by atoms with E-state index in [0.29, 0.717) is 30.6 Å². The number of halogens is 1. The molecule has 0 spiro atoms. The van der Waals surface area contributed by atoms with Crippen molar-refractivity contribution >= 4 is 18.3 Å². The van der Waals surface area contributed by atoms with Crippen LogP contribution in [0.5, 0.6) is 0 Å². The van der Waals surface area contributed by atoms with Crippen molar-refractivity contribution < 1.29 is 9.32 Å². The summed E-state index contributed by atoms with van der Waals surface area (Å²) in [6, 6.07) is 10.0. The first-order valence-electron chi connectivity index (χ1n) is 7.20. The molecule has 0 saturated carbocycles. The Morgan fingerprint density at radius 3 is 2.77 bits per heavy atom. The lowest BCUT2D eigenvalue weighted by molar-refractivity contribution is 0.0667. The highest BCUT2D eigenvalue weighted by Gasteiger charge is 2.24. The van der Waals surface area contributed by atoms with E-state index in [-0.39, 0.29) is 18.3 Å². The van der Waals surface area contributed by atoms with Crippen molar-refractivity contribution in [2.24, 2.45) is 0 Å². The van der Waals surface area contributed by atoms with E-state index in [9.17, 15) is 4.79 Å². The number of nitrogens with one attached hydrogen (secondary N) is 1. The van der Waals surface area contributed by atoms with Crippen molar-refractivity contribution in [3.8, 4) is 11.3 Å². The van der Waals surface area contributed by atoms with Crippen LogP contribution in [-0.2, 0) is 0 Å². The lowest BCUT2D eigenvalue weighted by atomic mass is 10.1. The molecule has 1 saturated heterocycles. The first-order chi connectivity index (χ1) is 10.1. The van der Waals surface area contributed by atoms with Gasteiger partial charge in [0.15, 0.2) is 0 Å². The molecule has 1 amide bonds. The van der Waals surface area contributed by atoms with Gasteiger partial charge in [0.25, 0.3) is 5.91 Å². The summed E-state index contributed by atoms with van der Waals surface area (Å²) in [5, 5.41) is 7.33. The third-order valence-electron chi connectivity index (χ3n) is 3.72. The van der Waals surface area contributed by atoms with Gasteiger partial charge in [0.1, 0.15) is 5.69 Å². The number of nitrogens with zero attached hydrogens (tertiary/aromatic N) is 2. The highest BCUT2D eigenvalue weighted by molar-refractivity contribution is 5.92. The minimum Gasteiger partial charge on any atom is -0.350 e. The molecule has 1 aliphatic heterocycles. The molecule has 3 rings (SSSR count). The van der Waals surface area contributed by atoms with Crippen molar-refractivity contribution in [3.63, 3.8) is 0 Å². The van der Waals surface area contributed by atoms with Crippen LogP contribution < -0.4 is 5.32 Å². The second kappa shape index (κ2) is 6.94. The molecule has 0 aliphatic carbocycles. The van der Waals surface area contributed by atoms with Crippen molar-refractivity contribution in [2.75, 3.05) is 19.6 Å². The van der Waals surface area contributed by atoms with Crippen LogP contribution in [0, 0.1) is 6.92 Å². The highest BCUT2D eigenvalue weighted by Crippen LogP contribution is 2.20. The van der Waals surface area contributed by atoms with Crippen LogP contribution in [0.4, 0.5) is 0 Å². The van der Waals surface area contributed by atoms with Crippen LogP contribution in [0.15, 0.2) is 34.9 Å². The van der Waals surface area contributed by atoms with Crippen molar-refractivity contribution in [3.05, 3.63) is 41.7 Å². The summed E-state index contributed by atoms with van der Waals surface area (Å²) in [4.78, 5) is 14.2. The fourth-order valence-corrected chi connectivity index (χ4v) is 2.51. The summed E-state index contributed by atoms with van der Waals surface area (Å²) in [5.41, 5.74) is 2.84. The quantitative estimate of drug-likeness (QED) is 0.923. The number of carbonyl (C=O) groups excluding carboxylic acids is 1. The molecule has 0 radical (unpaired) electrons. The van der Waals surface area contributed by atoms with E-state index in [2.05, 4.69) is 17.4 Å². The number of hydrogen-bond donors (Lipinski definition) is 1. The number of amides is 1. The van der Waals surface area contributed by atoms with Gasteiger partial charge in [-0.25, -0.2) is 0 Å². The molecule has 1 atom stereocenters. The van der Waals surface area contributed by atoms with Crippen LogP contribution >= 0.6 is 12.4 Å². The van der Waals surface area contributed by atoms with E-state index < -0.39 is 0 Å². The van der Waals surface area contributed by atoms with Gasteiger partial charge in [-0.15, -0.1) is 12.4 Å². The number of benzene rings is 1. The lowest BCUT2D eigenvalue weighted by Gasteiger charge is -2.31. The zero-order valence-electron chi connectivity index (χ0n) is 12.7. The van der Waals surface area contributed by atoms with Crippen LogP contribution in [0.25, 0.3) is 11.3 Å². The average molecular weight is 322 g/mol. The minimum atomic E-state index is -0.0887. The molecule has 2 heterocycles. The van der Waals surface area contributed by atoms with Gasteiger partial charge in [0, 0.05) is 37.3 Å². The molecule has 6 heteroatoms. The van der Waals surface area contributed by atoms with Gasteiger partial charge in [-0.05, 0) is 13.8 Å². The number of hydrogen-bond acceptors (Lipinski definition) is 4. The predicted molar refractivity (Wildman–Crippen MR) is 87.3 cm³/mol. The third kappa shape index (κ3) is 3.48. The summed E-state index contributed by atoms with van der Waals surface area (Å²) in [6.07, 6.45) is 0. The molecule has 1 fully saturated rings. The lowest BCUT2D eigenvalue weighted by Crippen LogP contribution is -2.51. The normalized spacial score (nSPS) is 17.9. The summed E-state index contributed by atoms with van der Waals surface area (Å²) < 4.78 is 5.24. The molecular weight excluding hydrogens is 302 g/mol. The SMILES string of the molecule is Cc1ccc(-c2cc(C(=O)N3CCNC(C)C3)on2)cc1.Cl. The topological polar surface area (TPSA) is 58.4 Å². The smallest absolute Gasteiger partial charge is 0.292 e. The van der Waals surface area contributed by atoms with Crippen LogP contribution in [0.3, 0.4) is 0 Å². The van der Waals surface area contributed by atoms with Crippen LogP contribution in [0.1, 0.15) is 23.0 Å². The van der Waals surface area contributed by atoms with E-state index in [0.717, 1.165) is 12.1 Å². The van der Waals surface area contributed by atoms with E-state index in [1.54, 1.807) is 11.0 Å². The Labute approximate surface area is 136 Å². The summed E-state index contributed by atoms with van der Waals surface area (Å²) >= 11 is 0. The summed E-state index contributed by atoms with van der Waals surface area (Å²) in [5.74, 6) is 0.217. The van der Waals surface area contributed by atoms with Gasteiger partial charge < -0.3 is 14.7 Å². The van der Waals surface area contributed by atoms with Crippen LogP contribution in [-0.4, -0.2) is 41.6 Å². The van der Waals surface area contributed by atoms with Gasteiger partial charge in [0.2, 0.25) is 5.76 Å². The Balaban J connectivity index is 0.00000176. The van der Waals surface area contributed by atoms with Crippen LogP contribution in [0.2, 0.25) is 0 Å². The maximum absolute atomic E-state index is 12.4. The first kappa shape index (κ1) is 16.5. The van der Waals surface area contributed by atoms with E-state index >= 15 is 0 Å². The molecule has 22 heavy (non-hydrogen) atoms. The fraction of sp³-hybridized carbons (Fsp3) is 0.375. The Bertz CT molecular complexity index is 639. The Morgan fingerprint density at radius 1 is 1.36 bits per heavy atom. The number of piperazine rings is 1. The molecule has 118 valence electrons. The van der Waals surface area contributed by atoms with Crippen molar-refractivity contribution in [1.29, 1.82) is 0 Å². The second-order valence-corrected chi connectivity index (χ2v) is 5.55. The molecule has 5 nitrogen and oxygen atoms in total. The summed E-state index contributed by atoms with van der Waals surface area (Å²) in [6.45, 7) is 6.31. The maximum atomic E-state index is 12.4. The molecular formula is C16H20ClN3O2. The van der Waals surface area contributed by atoms with Gasteiger partial charge in [-0.2, -0.15) is 0 Å². The van der Waals surface area contributed by atoms with Gasteiger partial charge in [0.05, 0.1) is 0 Å². The van der Waals surface area contributed by atoms with Crippen molar-refractivity contribution in [2.45, 2.75) is 19.9 Å². The van der Waals surface area contributed by atoms with E-state index in [4.69, 9.17) is 4.52 Å². The number of aryl methyl sites for hydroxylation is 1. The molecule has 2 aromatic rings. The Hall–Kier alpha value is -1.85. The molecule has 1 aromatic heterocycles.